The molecule has 1 aromatic heterocycles. The first-order chi connectivity index (χ1) is 12.8. The Hall–Kier alpha value is -2.55. The lowest BCUT2D eigenvalue weighted by Gasteiger charge is -2.06. The first kappa shape index (κ1) is 18.2. The standard InChI is InChI=1S/C23H27NO2/c1-3-5-6-7-16-25-21-14-12-19(13-15-21)22-17-26-23(24-22)20-10-8-18(4-2)9-11-20/h8-15,17H,3-7,16H2,1-2H3. The van der Waals surface area contributed by atoms with Crippen LogP contribution >= 0.6 is 0 Å². The van der Waals surface area contributed by atoms with Gasteiger partial charge in [-0.15, -0.1) is 0 Å². The molecular formula is C23H27NO2. The van der Waals surface area contributed by atoms with Crippen LogP contribution < -0.4 is 4.74 Å². The number of oxazole rings is 1. The molecule has 0 atom stereocenters. The van der Waals surface area contributed by atoms with E-state index in [-0.39, 0.29) is 0 Å². The highest BCUT2D eigenvalue weighted by Crippen LogP contribution is 2.26. The van der Waals surface area contributed by atoms with Crippen molar-refractivity contribution in [1.82, 2.24) is 4.98 Å². The molecule has 0 aliphatic rings. The Morgan fingerprint density at radius 3 is 2.27 bits per heavy atom. The van der Waals surface area contributed by atoms with Crippen molar-refractivity contribution in [1.29, 1.82) is 0 Å². The summed E-state index contributed by atoms with van der Waals surface area (Å²) in [5.74, 6) is 1.56. The van der Waals surface area contributed by atoms with Gasteiger partial charge in [0.1, 0.15) is 17.7 Å². The third kappa shape index (κ3) is 4.75. The zero-order valence-electron chi connectivity index (χ0n) is 15.7. The van der Waals surface area contributed by atoms with Crippen LogP contribution in [0.15, 0.2) is 59.2 Å². The summed E-state index contributed by atoms with van der Waals surface area (Å²) in [4.78, 5) is 4.62. The number of aryl methyl sites for hydroxylation is 1. The van der Waals surface area contributed by atoms with Crippen LogP contribution in [0.5, 0.6) is 5.75 Å². The van der Waals surface area contributed by atoms with Gasteiger partial charge >= 0.3 is 0 Å². The van der Waals surface area contributed by atoms with Crippen molar-refractivity contribution < 1.29 is 9.15 Å². The molecule has 0 fully saturated rings. The number of hydrogen-bond acceptors (Lipinski definition) is 3. The molecule has 0 N–H and O–H groups in total. The minimum atomic E-state index is 0.652. The number of benzene rings is 2. The van der Waals surface area contributed by atoms with E-state index in [1.54, 1.807) is 6.26 Å². The third-order valence-corrected chi connectivity index (χ3v) is 4.53. The van der Waals surface area contributed by atoms with Gasteiger partial charge in [0, 0.05) is 11.1 Å². The second kappa shape index (κ2) is 9.23. The number of rotatable bonds is 9. The van der Waals surface area contributed by atoms with E-state index < -0.39 is 0 Å². The van der Waals surface area contributed by atoms with Crippen LogP contribution in [0, 0.1) is 0 Å². The molecule has 0 amide bonds. The summed E-state index contributed by atoms with van der Waals surface area (Å²) in [6.45, 7) is 5.15. The SMILES string of the molecule is CCCCCCOc1ccc(-c2coc(-c3ccc(CC)cc3)n2)cc1. The summed E-state index contributed by atoms with van der Waals surface area (Å²) >= 11 is 0. The third-order valence-electron chi connectivity index (χ3n) is 4.53. The molecule has 3 heteroatoms. The molecule has 0 aliphatic heterocycles. The van der Waals surface area contributed by atoms with E-state index in [0.29, 0.717) is 5.89 Å². The summed E-state index contributed by atoms with van der Waals surface area (Å²) in [7, 11) is 0. The van der Waals surface area contributed by atoms with Gasteiger partial charge in [0.05, 0.1) is 6.61 Å². The Kier molecular flexibility index (Phi) is 6.48. The molecule has 0 bridgehead atoms. The van der Waals surface area contributed by atoms with Crippen molar-refractivity contribution in [3.63, 3.8) is 0 Å². The zero-order valence-corrected chi connectivity index (χ0v) is 15.7. The Balaban J connectivity index is 1.61. The van der Waals surface area contributed by atoms with Gasteiger partial charge in [0.2, 0.25) is 5.89 Å². The molecule has 3 rings (SSSR count). The normalized spacial score (nSPS) is 10.8. The molecule has 0 radical (unpaired) electrons. The lowest BCUT2D eigenvalue weighted by molar-refractivity contribution is 0.305. The summed E-state index contributed by atoms with van der Waals surface area (Å²) < 4.78 is 11.5. The van der Waals surface area contributed by atoms with Gasteiger partial charge in [-0.25, -0.2) is 4.98 Å². The van der Waals surface area contributed by atoms with Crippen molar-refractivity contribution >= 4 is 0 Å². The maximum absolute atomic E-state index is 5.80. The molecule has 136 valence electrons. The van der Waals surface area contributed by atoms with Crippen molar-refractivity contribution in [2.75, 3.05) is 6.61 Å². The molecule has 1 heterocycles. The smallest absolute Gasteiger partial charge is 0.226 e. The average molecular weight is 349 g/mol. The Morgan fingerprint density at radius 1 is 0.846 bits per heavy atom. The quantitative estimate of drug-likeness (QED) is 0.412. The van der Waals surface area contributed by atoms with Crippen molar-refractivity contribution in [2.24, 2.45) is 0 Å². The van der Waals surface area contributed by atoms with E-state index in [1.165, 1.54) is 24.8 Å². The predicted molar refractivity (Wildman–Crippen MR) is 106 cm³/mol. The van der Waals surface area contributed by atoms with Crippen LogP contribution in [0.2, 0.25) is 0 Å². The molecule has 0 aliphatic carbocycles. The fraction of sp³-hybridized carbons (Fsp3) is 0.348. The Morgan fingerprint density at radius 2 is 1.58 bits per heavy atom. The molecule has 0 unspecified atom stereocenters. The predicted octanol–water partition coefficient (Wildman–Crippen LogP) is 6.53. The summed E-state index contributed by atoms with van der Waals surface area (Å²) in [6.07, 6.45) is 7.61. The fourth-order valence-corrected chi connectivity index (χ4v) is 2.86. The fourth-order valence-electron chi connectivity index (χ4n) is 2.86. The van der Waals surface area contributed by atoms with Gasteiger partial charge in [0.25, 0.3) is 0 Å². The molecule has 0 saturated carbocycles. The number of hydrogen-bond donors (Lipinski definition) is 0. The van der Waals surface area contributed by atoms with Gasteiger partial charge in [-0.1, -0.05) is 45.2 Å². The van der Waals surface area contributed by atoms with Gasteiger partial charge in [0.15, 0.2) is 0 Å². The van der Waals surface area contributed by atoms with E-state index in [1.807, 2.05) is 24.3 Å². The van der Waals surface area contributed by atoms with E-state index in [9.17, 15) is 0 Å². The zero-order chi connectivity index (χ0) is 18.2. The van der Waals surface area contributed by atoms with E-state index >= 15 is 0 Å². The molecular weight excluding hydrogens is 322 g/mol. The molecule has 2 aromatic carbocycles. The highest BCUT2D eigenvalue weighted by molar-refractivity contribution is 5.63. The van der Waals surface area contributed by atoms with Crippen molar-refractivity contribution in [2.45, 2.75) is 46.0 Å². The van der Waals surface area contributed by atoms with Crippen molar-refractivity contribution in [3.8, 4) is 28.5 Å². The lowest BCUT2D eigenvalue weighted by Crippen LogP contribution is -1.96. The van der Waals surface area contributed by atoms with Gasteiger partial charge in [-0.2, -0.15) is 0 Å². The van der Waals surface area contributed by atoms with Crippen LogP contribution in [0.3, 0.4) is 0 Å². The summed E-state index contributed by atoms with van der Waals surface area (Å²) in [5.41, 5.74) is 4.18. The number of ether oxygens (including phenoxy) is 1. The molecule has 0 spiro atoms. The Bertz CT molecular complexity index is 788. The van der Waals surface area contributed by atoms with Gasteiger partial charge in [-0.05, 0) is 54.8 Å². The van der Waals surface area contributed by atoms with E-state index in [2.05, 4.69) is 43.1 Å². The van der Waals surface area contributed by atoms with Crippen molar-refractivity contribution in [3.05, 3.63) is 60.4 Å². The van der Waals surface area contributed by atoms with Crippen LogP contribution in [0.1, 0.15) is 45.1 Å². The number of unbranched alkanes of at least 4 members (excludes halogenated alkanes) is 3. The maximum atomic E-state index is 5.80. The minimum absolute atomic E-state index is 0.652. The molecule has 26 heavy (non-hydrogen) atoms. The second-order valence-corrected chi connectivity index (χ2v) is 6.52. The molecule has 0 saturated heterocycles. The molecule has 3 aromatic rings. The first-order valence-corrected chi connectivity index (χ1v) is 9.58. The van der Waals surface area contributed by atoms with E-state index in [4.69, 9.17) is 9.15 Å². The van der Waals surface area contributed by atoms with Crippen LogP contribution in [-0.2, 0) is 6.42 Å². The summed E-state index contributed by atoms with van der Waals surface area (Å²) in [5, 5.41) is 0. The van der Waals surface area contributed by atoms with Crippen LogP contribution in [0.25, 0.3) is 22.7 Å². The molecule has 3 nitrogen and oxygen atoms in total. The second-order valence-electron chi connectivity index (χ2n) is 6.52. The van der Waals surface area contributed by atoms with E-state index in [0.717, 1.165) is 42.0 Å². The average Bonchev–Trinajstić information content (AvgIpc) is 3.18. The largest absolute Gasteiger partial charge is 0.494 e. The monoisotopic (exact) mass is 349 g/mol. The highest BCUT2D eigenvalue weighted by Gasteiger charge is 2.08. The van der Waals surface area contributed by atoms with Crippen LogP contribution in [0.4, 0.5) is 0 Å². The lowest BCUT2D eigenvalue weighted by atomic mass is 10.1. The number of nitrogens with zero attached hydrogens (tertiary/aromatic N) is 1. The minimum Gasteiger partial charge on any atom is -0.494 e. The van der Waals surface area contributed by atoms with Gasteiger partial charge < -0.3 is 9.15 Å². The Labute approximate surface area is 156 Å². The maximum Gasteiger partial charge on any atom is 0.226 e. The van der Waals surface area contributed by atoms with Gasteiger partial charge in [-0.3, -0.25) is 0 Å². The topological polar surface area (TPSA) is 35.3 Å². The first-order valence-electron chi connectivity index (χ1n) is 9.58. The highest BCUT2D eigenvalue weighted by atomic mass is 16.5. The van der Waals surface area contributed by atoms with Crippen LogP contribution in [-0.4, -0.2) is 11.6 Å². The number of aromatic nitrogens is 1. The summed E-state index contributed by atoms with van der Waals surface area (Å²) in [6, 6.07) is 16.4.